The fourth-order valence-corrected chi connectivity index (χ4v) is 0.610. The van der Waals surface area contributed by atoms with Crippen LogP contribution < -0.4 is 5.32 Å². The number of hydrogen-bond acceptors (Lipinski definition) is 4. The second-order valence-corrected chi connectivity index (χ2v) is 2.37. The molecule has 0 bridgehead atoms. The molecule has 0 spiro atoms. The SMILES string of the molecule is COCC(O)CNC(C)C#N. The van der Waals surface area contributed by atoms with Gasteiger partial charge in [0.15, 0.2) is 0 Å². The van der Waals surface area contributed by atoms with Crippen LogP contribution in [0.15, 0.2) is 0 Å². The van der Waals surface area contributed by atoms with Gasteiger partial charge in [-0.2, -0.15) is 5.26 Å². The van der Waals surface area contributed by atoms with Gasteiger partial charge in [0.25, 0.3) is 0 Å². The van der Waals surface area contributed by atoms with Crippen molar-refractivity contribution in [2.24, 2.45) is 0 Å². The van der Waals surface area contributed by atoms with Crippen molar-refractivity contribution in [3.63, 3.8) is 0 Å². The summed E-state index contributed by atoms with van der Waals surface area (Å²) in [5, 5.41) is 20.3. The topological polar surface area (TPSA) is 65.3 Å². The molecule has 2 unspecified atom stereocenters. The van der Waals surface area contributed by atoms with Crippen LogP contribution in [0.2, 0.25) is 0 Å². The van der Waals surface area contributed by atoms with Crippen molar-refractivity contribution in [3.8, 4) is 6.07 Å². The van der Waals surface area contributed by atoms with Crippen molar-refractivity contribution < 1.29 is 9.84 Å². The Morgan fingerprint density at radius 1 is 1.73 bits per heavy atom. The van der Waals surface area contributed by atoms with E-state index < -0.39 is 6.10 Å². The molecule has 0 aliphatic heterocycles. The number of nitriles is 1. The lowest BCUT2D eigenvalue weighted by Crippen LogP contribution is -2.34. The monoisotopic (exact) mass is 158 g/mol. The summed E-state index contributed by atoms with van der Waals surface area (Å²) < 4.78 is 4.70. The Morgan fingerprint density at radius 2 is 2.36 bits per heavy atom. The molecule has 0 saturated carbocycles. The van der Waals surface area contributed by atoms with E-state index in [4.69, 9.17) is 15.1 Å². The first-order valence-corrected chi connectivity index (χ1v) is 3.50. The molecule has 2 N–H and O–H groups in total. The average Bonchev–Trinajstić information content (AvgIpc) is 2.01. The average molecular weight is 158 g/mol. The Hall–Kier alpha value is -0.630. The van der Waals surface area contributed by atoms with E-state index in [2.05, 4.69) is 5.32 Å². The number of aliphatic hydroxyl groups excluding tert-OH is 1. The minimum Gasteiger partial charge on any atom is -0.389 e. The van der Waals surface area contributed by atoms with Crippen molar-refractivity contribution in [1.29, 1.82) is 5.26 Å². The maximum Gasteiger partial charge on any atom is 0.0925 e. The van der Waals surface area contributed by atoms with Crippen LogP contribution in [0, 0.1) is 11.3 Å². The van der Waals surface area contributed by atoms with Gasteiger partial charge in [-0.05, 0) is 6.92 Å². The molecule has 0 saturated heterocycles. The van der Waals surface area contributed by atoms with Gasteiger partial charge in [0.2, 0.25) is 0 Å². The number of nitrogens with one attached hydrogen (secondary N) is 1. The molecule has 0 fully saturated rings. The Labute approximate surface area is 66.8 Å². The minimum atomic E-state index is -0.532. The van der Waals surface area contributed by atoms with Gasteiger partial charge in [-0.1, -0.05) is 0 Å². The Kier molecular flexibility index (Phi) is 5.75. The number of rotatable bonds is 5. The van der Waals surface area contributed by atoms with Gasteiger partial charge in [-0.3, -0.25) is 5.32 Å². The molecule has 0 radical (unpaired) electrons. The van der Waals surface area contributed by atoms with E-state index in [1.54, 1.807) is 6.92 Å². The van der Waals surface area contributed by atoms with Crippen LogP contribution in [-0.2, 0) is 4.74 Å². The molecule has 0 aromatic heterocycles. The summed E-state index contributed by atoms with van der Waals surface area (Å²) in [7, 11) is 1.52. The number of nitrogens with zero attached hydrogens (tertiary/aromatic N) is 1. The molecule has 0 amide bonds. The van der Waals surface area contributed by atoms with E-state index in [9.17, 15) is 0 Å². The molecule has 4 nitrogen and oxygen atoms in total. The van der Waals surface area contributed by atoms with Crippen molar-refractivity contribution >= 4 is 0 Å². The standard InChI is InChI=1S/C7H14N2O2/c1-6(3-8)9-4-7(10)5-11-2/h6-7,9-10H,4-5H2,1-2H3. The highest BCUT2D eigenvalue weighted by Gasteiger charge is 2.04. The van der Waals surface area contributed by atoms with Crippen LogP contribution in [0.4, 0.5) is 0 Å². The molecule has 0 rings (SSSR count). The van der Waals surface area contributed by atoms with Crippen molar-refractivity contribution in [1.82, 2.24) is 5.32 Å². The number of ether oxygens (including phenoxy) is 1. The van der Waals surface area contributed by atoms with Gasteiger partial charge in [0.1, 0.15) is 0 Å². The van der Waals surface area contributed by atoms with E-state index in [1.165, 1.54) is 7.11 Å². The van der Waals surface area contributed by atoms with Crippen LogP contribution in [0.3, 0.4) is 0 Å². The van der Waals surface area contributed by atoms with Crippen molar-refractivity contribution in [2.45, 2.75) is 19.1 Å². The molecule has 64 valence electrons. The van der Waals surface area contributed by atoms with E-state index in [0.29, 0.717) is 13.2 Å². The van der Waals surface area contributed by atoms with E-state index in [0.717, 1.165) is 0 Å². The largest absolute Gasteiger partial charge is 0.389 e. The van der Waals surface area contributed by atoms with Gasteiger partial charge < -0.3 is 9.84 Å². The third-order valence-electron chi connectivity index (χ3n) is 1.21. The lowest BCUT2D eigenvalue weighted by molar-refractivity contribution is 0.0640. The van der Waals surface area contributed by atoms with Gasteiger partial charge >= 0.3 is 0 Å². The molecule has 0 aromatic rings. The first-order valence-electron chi connectivity index (χ1n) is 3.50. The first-order chi connectivity index (χ1) is 5.20. The molecule has 2 atom stereocenters. The summed E-state index contributed by atoms with van der Waals surface area (Å²) in [5.74, 6) is 0. The second-order valence-electron chi connectivity index (χ2n) is 2.37. The van der Waals surface area contributed by atoms with E-state index in [-0.39, 0.29) is 6.04 Å². The predicted molar refractivity (Wildman–Crippen MR) is 41.0 cm³/mol. The lowest BCUT2D eigenvalue weighted by Gasteiger charge is -2.11. The van der Waals surface area contributed by atoms with E-state index in [1.807, 2.05) is 6.07 Å². The van der Waals surface area contributed by atoms with Crippen molar-refractivity contribution in [2.75, 3.05) is 20.3 Å². The van der Waals surface area contributed by atoms with Gasteiger partial charge in [-0.15, -0.1) is 0 Å². The third kappa shape index (κ3) is 5.80. The third-order valence-corrected chi connectivity index (χ3v) is 1.21. The van der Waals surface area contributed by atoms with Crippen molar-refractivity contribution in [3.05, 3.63) is 0 Å². The highest BCUT2D eigenvalue weighted by Crippen LogP contribution is 1.83. The summed E-state index contributed by atoms with van der Waals surface area (Å²) >= 11 is 0. The molecular formula is C7H14N2O2. The smallest absolute Gasteiger partial charge is 0.0925 e. The van der Waals surface area contributed by atoms with E-state index >= 15 is 0 Å². The molecule has 0 aromatic carbocycles. The summed E-state index contributed by atoms with van der Waals surface area (Å²) in [6.07, 6.45) is -0.532. The lowest BCUT2D eigenvalue weighted by atomic mass is 10.3. The summed E-state index contributed by atoms with van der Waals surface area (Å²) in [4.78, 5) is 0. The molecular weight excluding hydrogens is 144 g/mol. The molecule has 11 heavy (non-hydrogen) atoms. The zero-order valence-electron chi connectivity index (χ0n) is 6.87. The highest BCUT2D eigenvalue weighted by atomic mass is 16.5. The number of methoxy groups -OCH3 is 1. The summed E-state index contributed by atoms with van der Waals surface area (Å²) in [6.45, 7) is 2.42. The maximum absolute atomic E-state index is 9.10. The summed E-state index contributed by atoms with van der Waals surface area (Å²) in [5.41, 5.74) is 0. The zero-order chi connectivity index (χ0) is 8.69. The Balaban J connectivity index is 3.31. The van der Waals surface area contributed by atoms with Crippen LogP contribution >= 0.6 is 0 Å². The quantitative estimate of drug-likeness (QED) is 0.566. The van der Waals surface area contributed by atoms with Crippen LogP contribution in [0.1, 0.15) is 6.92 Å². The van der Waals surface area contributed by atoms with Gasteiger partial charge in [-0.25, -0.2) is 0 Å². The maximum atomic E-state index is 9.10. The molecule has 4 heteroatoms. The zero-order valence-corrected chi connectivity index (χ0v) is 6.87. The molecule has 0 heterocycles. The van der Waals surface area contributed by atoms with Gasteiger partial charge in [0, 0.05) is 13.7 Å². The fraction of sp³-hybridized carbons (Fsp3) is 0.857. The normalized spacial score (nSPS) is 15.5. The van der Waals surface area contributed by atoms with Crippen LogP contribution in [0.5, 0.6) is 0 Å². The van der Waals surface area contributed by atoms with Crippen LogP contribution in [0.25, 0.3) is 0 Å². The predicted octanol–water partition coefficient (Wildman–Crippen LogP) is -0.505. The molecule has 0 aliphatic carbocycles. The van der Waals surface area contributed by atoms with Crippen LogP contribution in [-0.4, -0.2) is 37.5 Å². The molecule has 0 aliphatic rings. The first kappa shape index (κ1) is 10.4. The van der Waals surface area contributed by atoms with Gasteiger partial charge in [0.05, 0.1) is 24.8 Å². The fourth-order valence-electron chi connectivity index (χ4n) is 0.610. The second kappa shape index (κ2) is 6.10. The number of hydrogen-bond donors (Lipinski definition) is 2. The minimum absolute atomic E-state index is 0.221. The highest BCUT2D eigenvalue weighted by molar-refractivity contribution is 4.85. The Morgan fingerprint density at radius 3 is 2.82 bits per heavy atom. The number of aliphatic hydroxyl groups is 1. The summed E-state index contributed by atoms with van der Waals surface area (Å²) in [6, 6.07) is 1.78. The Bertz CT molecular complexity index is 133.